The van der Waals surface area contributed by atoms with Gasteiger partial charge in [-0.25, -0.2) is 0 Å². The van der Waals surface area contributed by atoms with Gasteiger partial charge in [-0.2, -0.15) is 0 Å². The third-order valence-corrected chi connectivity index (χ3v) is 5.35. The van der Waals surface area contributed by atoms with Crippen molar-refractivity contribution in [1.29, 1.82) is 0 Å². The van der Waals surface area contributed by atoms with Crippen molar-refractivity contribution in [2.45, 2.75) is 18.4 Å². The summed E-state index contributed by atoms with van der Waals surface area (Å²) in [6, 6.07) is 11.1. The molecule has 0 spiro atoms. The Balaban J connectivity index is 1.90. The van der Waals surface area contributed by atoms with Gasteiger partial charge in [-0.15, -0.1) is 0 Å². The summed E-state index contributed by atoms with van der Waals surface area (Å²) in [6.07, 6.45) is 5.05. The zero-order valence-electron chi connectivity index (χ0n) is 14.6. The van der Waals surface area contributed by atoms with E-state index < -0.39 is 0 Å². The van der Waals surface area contributed by atoms with Crippen molar-refractivity contribution >= 4 is 11.4 Å². The molecule has 6 nitrogen and oxygen atoms in total. The third kappa shape index (κ3) is 2.41. The van der Waals surface area contributed by atoms with Crippen LogP contribution >= 0.6 is 0 Å². The van der Waals surface area contributed by atoms with Crippen LogP contribution in [0.15, 0.2) is 48.6 Å². The third-order valence-electron chi connectivity index (χ3n) is 5.35. The van der Waals surface area contributed by atoms with Crippen LogP contribution in [0.4, 0.5) is 11.4 Å². The highest BCUT2D eigenvalue weighted by atomic mass is 16.6. The lowest BCUT2D eigenvalue weighted by Crippen LogP contribution is -2.30. The second-order valence-electron chi connectivity index (χ2n) is 6.55. The highest BCUT2D eigenvalue weighted by Gasteiger charge is 2.43. The average Bonchev–Trinajstić information content (AvgIpc) is 3.16. The molecule has 1 N–H and O–H groups in total. The fourth-order valence-corrected chi connectivity index (χ4v) is 4.22. The van der Waals surface area contributed by atoms with Gasteiger partial charge in [-0.05, 0) is 24.5 Å². The summed E-state index contributed by atoms with van der Waals surface area (Å²) in [5, 5.41) is 15.1. The van der Waals surface area contributed by atoms with Crippen molar-refractivity contribution in [2.24, 2.45) is 5.92 Å². The maximum atomic E-state index is 11.6. The van der Waals surface area contributed by atoms with Crippen molar-refractivity contribution in [2.75, 3.05) is 19.5 Å². The number of ether oxygens (including phenoxy) is 2. The first kappa shape index (κ1) is 16.4. The van der Waals surface area contributed by atoms with Gasteiger partial charge in [0.2, 0.25) is 0 Å². The van der Waals surface area contributed by atoms with Crippen LogP contribution in [0.1, 0.15) is 29.5 Å². The number of rotatable bonds is 4. The summed E-state index contributed by atoms with van der Waals surface area (Å²) < 4.78 is 11.0. The molecule has 6 heteroatoms. The van der Waals surface area contributed by atoms with Crippen LogP contribution in [0.3, 0.4) is 0 Å². The number of anilines is 1. The van der Waals surface area contributed by atoms with Gasteiger partial charge in [0.15, 0.2) is 0 Å². The zero-order valence-corrected chi connectivity index (χ0v) is 14.6. The summed E-state index contributed by atoms with van der Waals surface area (Å²) in [4.78, 5) is 11.3. The Morgan fingerprint density at radius 2 is 1.88 bits per heavy atom. The Bertz CT molecular complexity index is 893. The van der Waals surface area contributed by atoms with Crippen LogP contribution in [-0.4, -0.2) is 19.1 Å². The molecule has 0 unspecified atom stereocenters. The topological polar surface area (TPSA) is 73.6 Å². The number of nitrogens with zero attached hydrogens (tertiary/aromatic N) is 1. The van der Waals surface area contributed by atoms with Crippen LogP contribution in [0, 0.1) is 16.0 Å². The fourth-order valence-electron chi connectivity index (χ4n) is 4.22. The number of hydrogen-bond acceptors (Lipinski definition) is 5. The molecule has 0 amide bonds. The normalized spacial score (nSPS) is 22.9. The summed E-state index contributed by atoms with van der Waals surface area (Å²) in [6.45, 7) is 0. The molecular weight excluding hydrogens is 332 g/mol. The second-order valence-corrected chi connectivity index (χ2v) is 6.55. The molecule has 0 bridgehead atoms. The quantitative estimate of drug-likeness (QED) is 0.500. The van der Waals surface area contributed by atoms with Gasteiger partial charge in [-0.3, -0.25) is 10.1 Å². The van der Waals surface area contributed by atoms with E-state index in [0.717, 1.165) is 17.7 Å². The Labute approximate surface area is 151 Å². The monoisotopic (exact) mass is 352 g/mol. The summed E-state index contributed by atoms with van der Waals surface area (Å²) in [5.74, 6) is 1.58. The molecule has 0 saturated heterocycles. The number of hydrogen-bond donors (Lipinski definition) is 1. The summed E-state index contributed by atoms with van der Waals surface area (Å²) in [7, 11) is 3.24. The first-order valence-electron chi connectivity index (χ1n) is 8.57. The molecule has 2 aromatic carbocycles. The second kappa shape index (κ2) is 6.37. The minimum atomic E-state index is -0.313. The van der Waals surface area contributed by atoms with E-state index in [9.17, 15) is 10.1 Å². The van der Waals surface area contributed by atoms with Gasteiger partial charge in [0, 0.05) is 17.5 Å². The van der Waals surface area contributed by atoms with Crippen LogP contribution in [0.5, 0.6) is 11.5 Å². The van der Waals surface area contributed by atoms with Gasteiger partial charge in [-0.1, -0.05) is 30.4 Å². The predicted octanol–water partition coefficient (Wildman–Crippen LogP) is 4.44. The van der Waals surface area contributed by atoms with Gasteiger partial charge in [0.05, 0.1) is 36.4 Å². The van der Waals surface area contributed by atoms with Gasteiger partial charge in [0.1, 0.15) is 11.5 Å². The molecule has 134 valence electrons. The highest BCUT2D eigenvalue weighted by molar-refractivity contribution is 5.74. The number of para-hydroxylation sites is 1. The molecule has 0 aromatic heterocycles. The molecule has 1 heterocycles. The zero-order chi connectivity index (χ0) is 18.3. The lowest BCUT2D eigenvalue weighted by Gasteiger charge is -2.38. The predicted molar refractivity (Wildman–Crippen MR) is 99.0 cm³/mol. The van der Waals surface area contributed by atoms with Crippen molar-refractivity contribution in [3.8, 4) is 11.5 Å². The Kier molecular flexibility index (Phi) is 4.03. The number of nitrogens with one attached hydrogen (secondary N) is 1. The van der Waals surface area contributed by atoms with Crippen LogP contribution in [0.25, 0.3) is 0 Å². The van der Waals surface area contributed by atoms with Crippen molar-refractivity contribution < 1.29 is 14.4 Å². The number of benzene rings is 2. The van der Waals surface area contributed by atoms with E-state index in [2.05, 4.69) is 17.5 Å². The maximum Gasteiger partial charge on any atom is 0.275 e. The van der Waals surface area contributed by atoms with Crippen molar-refractivity contribution in [3.63, 3.8) is 0 Å². The molecule has 3 atom stereocenters. The SMILES string of the molecule is COc1ccccc1[C@@H]1Nc2c(OC)ccc([N+](=O)[O-])c2[C@H]2C=CC[C@H]21. The number of allylic oxidation sites excluding steroid dienone is 2. The average molecular weight is 352 g/mol. The molecule has 0 saturated carbocycles. The molecule has 4 rings (SSSR count). The molecule has 2 aliphatic rings. The van der Waals surface area contributed by atoms with Crippen molar-refractivity contribution in [1.82, 2.24) is 0 Å². The standard InChI is InChI=1S/C20H20N2O4/c1-25-16-9-4-3-6-14(16)19-13-8-5-7-12(13)18-15(22(23)24)10-11-17(26-2)20(18)21-19/h3-7,9-13,19,21H,8H2,1-2H3/t12-,13+,19+/m0/s1. The number of nitro groups is 1. The minimum Gasteiger partial charge on any atom is -0.496 e. The van der Waals surface area contributed by atoms with Crippen LogP contribution in [-0.2, 0) is 0 Å². The first-order valence-corrected chi connectivity index (χ1v) is 8.57. The van der Waals surface area contributed by atoms with E-state index in [1.807, 2.05) is 24.3 Å². The van der Waals surface area contributed by atoms with E-state index in [-0.39, 0.29) is 28.5 Å². The van der Waals surface area contributed by atoms with Crippen LogP contribution < -0.4 is 14.8 Å². The lowest BCUT2D eigenvalue weighted by atomic mass is 9.76. The Hall–Kier alpha value is -3.02. The van der Waals surface area contributed by atoms with Crippen molar-refractivity contribution in [3.05, 3.63) is 69.8 Å². The molecule has 1 aliphatic heterocycles. The molecule has 26 heavy (non-hydrogen) atoms. The lowest BCUT2D eigenvalue weighted by molar-refractivity contribution is -0.385. The first-order chi connectivity index (χ1) is 12.7. The van der Waals surface area contributed by atoms with E-state index in [1.54, 1.807) is 20.3 Å². The van der Waals surface area contributed by atoms with Gasteiger partial charge < -0.3 is 14.8 Å². The number of fused-ring (bicyclic) bond motifs is 3. The number of nitro benzene ring substituents is 1. The molecular formula is C20H20N2O4. The highest BCUT2D eigenvalue weighted by Crippen LogP contribution is 2.55. The van der Waals surface area contributed by atoms with E-state index in [0.29, 0.717) is 17.0 Å². The molecule has 1 aliphatic carbocycles. The van der Waals surface area contributed by atoms with Gasteiger partial charge in [0.25, 0.3) is 5.69 Å². The smallest absolute Gasteiger partial charge is 0.275 e. The van der Waals surface area contributed by atoms with E-state index in [4.69, 9.17) is 9.47 Å². The summed E-state index contributed by atoms with van der Waals surface area (Å²) >= 11 is 0. The minimum absolute atomic E-state index is 0.0189. The fraction of sp³-hybridized carbons (Fsp3) is 0.300. The summed E-state index contributed by atoms with van der Waals surface area (Å²) in [5.41, 5.74) is 2.59. The Morgan fingerprint density at radius 3 is 2.62 bits per heavy atom. The molecule has 2 aromatic rings. The molecule has 0 radical (unpaired) electrons. The molecule has 0 fully saturated rings. The van der Waals surface area contributed by atoms with Crippen LogP contribution in [0.2, 0.25) is 0 Å². The van der Waals surface area contributed by atoms with Gasteiger partial charge >= 0.3 is 0 Å². The Morgan fingerprint density at radius 1 is 1.12 bits per heavy atom. The van der Waals surface area contributed by atoms with E-state index in [1.165, 1.54) is 6.07 Å². The van der Waals surface area contributed by atoms with E-state index >= 15 is 0 Å². The number of methoxy groups -OCH3 is 2. The maximum absolute atomic E-state index is 11.6. The largest absolute Gasteiger partial charge is 0.496 e.